The lowest BCUT2D eigenvalue weighted by molar-refractivity contribution is 0.473. The molecule has 3 nitrogen and oxygen atoms in total. The van der Waals surface area contributed by atoms with E-state index in [1.165, 1.54) is 12.8 Å². The molecule has 0 saturated heterocycles. The molecule has 1 aliphatic carbocycles. The van der Waals surface area contributed by atoms with Gasteiger partial charge in [-0.25, -0.2) is 0 Å². The first kappa shape index (κ1) is 7.38. The third-order valence-corrected chi connectivity index (χ3v) is 1.91. The van der Waals surface area contributed by atoms with Crippen molar-refractivity contribution in [3.8, 4) is 6.07 Å². The van der Waals surface area contributed by atoms with Gasteiger partial charge in [0, 0.05) is 6.04 Å². The molecule has 1 aromatic heterocycles. The van der Waals surface area contributed by atoms with Gasteiger partial charge >= 0.3 is 0 Å². The van der Waals surface area contributed by atoms with Crippen LogP contribution in [0.25, 0.3) is 0 Å². The zero-order chi connectivity index (χ0) is 8.39. The Balaban J connectivity index is 1.90. The van der Waals surface area contributed by atoms with Crippen LogP contribution in [0.15, 0.2) is 16.5 Å². The van der Waals surface area contributed by atoms with E-state index < -0.39 is 0 Å². The summed E-state index contributed by atoms with van der Waals surface area (Å²) < 4.78 is 5.19. The second-order valence-electron chi connectivity index (χ2n) is 3.03. The predicted molar refractivity (Wildman–Crippen MR) is 43.3 cm³/mol. The van der Waals surface area contributed by atoms with Gasteiger partial charge in [-0.1, -0.05) is 0 Å². The second-order valence-corrected chi connectivity index (χ2v) is 3.03. The lowest BCUT2D eigenvalue weighted by atomic mass is 10.4. The highest BCUT2D eigenvalue weighted by molar-refractivity contribution is 5.19. The molecule has 0 unspecified atom stereocenters. The van der Waals surface area contributed by atoms with Crippen LogP contribution in [0.1, 0.15) is 24.4 Å². The van der Waals surface area contributed by atoms with Gasteiger partial charge in [-0.15, -0.1) is 0 Å². The van der Waals surface area contributed by atoms with Gasteiger partial charge in [-0.3, -0.25) is 0 Å². The Bertz CT molecular complexity index is 307. The third kappa shape index (κ3) is 1.66. The zero-order valence-corrected chi connectivity index (χ0v) is 6.71. The Hall–Kier alpha value is -1.27. The van der Waals surface area contributed by atoms with E-state index in [1.807, 2.05) is 12.1 Å². The van der Waals surface area contributed by atoms with Crippen LogP contribution in [0.4, 0.5) is 0 Å². The van der Waals surface area contributed by atoms with E-state index >= 15 is 0 Å². The fourth-order valence-electron chi connectivity index (χ4n) is 1.07. The van der Waals surface area contributed by atoms with Crippen molar-refractivity contribution >= 4 is 0 Å². The van der Waals surface area contributed by atoms with Gasteiger partial charge in [-0.2, -0.15) is 5.26 Å². The Morgan fingerprint density at radius 1 is 1.58 bits per heavy atom. The van der Waals surface area contributed by atoms with Crippen LogP contribution in [0.3, 0.4) is 0 Å². The molecule has 0 bridgehead atoms. The highest BCUT2D eigenvalue weighted by Crippen LogP contribution is 2.19. The molecule has 1 aromatic rings. The number of hydrogen-bond donors (Lipinski definition) is 1. The largest absolute Gasteiger partial charge is 0.449 e. The van der Waals surface area contributed by atoms with Crippen molar-refractivity contribution in [3.63, 3.8) is 0 Å². The van der Waals surface area contributed by atoms with E-state index in [4.69, 9.17) is 9.68 Å². The van der Waals surface area contributed by atoms with Crippen LogP contribution in [-0.4, -0.2) is 6.04 Å². The van der Waals surface area contributed by atoms with E-state index in [-0.39, 0.29) is 0 Å². The molecule has 0 amide bonds. The first-order valence-electron chi connectivity index (χ1n) is 4.10. The topological polar surface area (TPSA) is 49.0 Å². The van der Waals surface area contributed by atoms with Crippen molar-refractivity contribution in [3.05, 3.63) is 23.7 Å². The molecule has 1 N–H and O–H groups in total. The van der Waals surface area contributed by atoms with Gasteiger partial charge in [-0.05, 0) is 25.0 Å². The van der Waals surface area contributed by atoms with Gasteiger partial charge < -0.3 is 9.73 Å². The van der Waals surface area contributed by atoms with E-state index in [1.54, 1.807) is 6.07 Å². The predicted octanol–water partition coefficient (Wildman–Crippen LogP) is 1.40. The second kappa shape index (κ2) is 3.00. The zero-order valence-electron chi connectivity index (χ0n) is 6.71. The van der Waals surface area contributed by atoms with Crippen LogP contribution in [0, 0.1) is 11.3 Å². The number of furan rings is 1. The molecule has 0 aromatic carbocycles. The first-order chi connectivity index (χ1) is 5.88. The van der Waals surface area contributed by atoms with E-state index in [2.05, 4.69) is 5.32 Å². The minimum absolute atomic E-state index is 0.391. The summed E-state index contributed by atoms with van der Waals surface area (Å²) in [5.41, 5.74) is 0. The van der Waals surface area contributed by atoms with Crippen LogP contribution in [-0.2, 0) is 6.54 Å². The molecule has 12 heavy (non-hydrogen) atoms. The normalized spacial score (nSPS) is 15.9. The molecule has 2 rings (SSSR count). The summed E-state index contributed by atoms with van der Waals surface area (Å²) in [6.45, 7) is 0.742. The minimum Gasteiger partial charge on any atom is -0.449 e. The van der Waals surface area contributed by atoms with Gasteiger partial charge in [0.15, 0.2) is 0 Å². The molecule has 62 valence electrons. The molecule has 3 heteroatoms. The Morgan fingerprint density at radius 2 is 2.42 bits per heavy atom. The molecule has 1 saturated carbocycles. The summed E-state index contributed by atoms with van der Waals surface area (Å²) in [4.78, 5) is 0. The van der Waals surface area contributed by atoms with Crippen molar-refractivity contribution in [1.29, 1.82) is 5.26 Å². The molecule has 0 radical (unpaired) electrons. The maximum atomic E-state index is 8.48. The Morgan fingerprint density at radius 3 is 3.00 bits per heavy atom. The van der Waals surface area contributed by atoms with Gasteiger partial charge in [0.1, 0.15) is 11.8 Å². The summed E-state index contributed by atoms with van der Waals surface area (Å²) in [7, 11) is 0. The number of nitrogens with zero attached hydrogens (tertiary/aromatic N) is 1. The molecule has 0 spiro atoms. The number of nitriles is 1. The fourth-order valence-corrected chi connectivity index (χ4v) is 1.07. The average Bonchev–Trinajstić information content (AvgIpc) is 2.81. The molecule has 0 aliphatic heterocycles. The van der Waals surface area contributed by atoms with Crippen molar-refractivity contribution < 1.29 is 4.42 Å². The SMILES string of the molecule is N#Cc1ccc(CNC2CC2)o1. The highest BCUT2D eigenvalue weighted by Gasteiger charge is 2.20. The summed E-state index contributed by atoms with van der Waals surface area (Å²) in [6.07, 6.45) is 2.54. The minimum atomic E-state index is 0.391. The van der Waals surface area contributed by atoms with Crippen LogP contribution < -0.4 is 5.32 Å². The fraction of sp³-hybridized carbons (Fsp3) is 0.444. The third-order valence-electron chi connectivity index (χ3n) is 1.91. The number of nitrogens with one attached hydrogen (secondary N) is 1. The smallest absolute Gasteiger partial charge is 0.203 e. The van der Waals surface area contributed by atoms with Crippen molar-refractivity contribution in [2.24, 2.45) is 0 Å². The van der Waals surface area contributed by atoms with Gasteiger partial charge in [0.2, 0.25) is 5.76 Å². The summed E-state index contributed by atoms with van der Waals surface area (Å²) >= 11 is 0. The maximum absolute atomic E-state index is 8.48. The first-order valence-corrected chi connectivity index (χ1v) is 4.10. The van der Waals surface area contributed by atoms with Crippen molar-refractivity contribution in [2.45, 2.75) is 25.4 Å². The van der Waals surface area contributed by atoms with Crippen LogP contribution in [0.2, 0.25) is 0 Å². The van der Waals surface area contributed by atoms with E-state index in [0.717, 1.165) is 12.3 Å². The molecular formula is C9H10N2O. The van der Waals surface area contributed by atoms with E-state index in [0.29, 0.717) is 11.8 Å². The monoisotopic (exact) mass is 162 g/mol. The summed E-state index contributed by atoms with van der Waals surface area (Å²) in [6, 6.07) is 6.18. The number of rotatable bonds is 3. The average molecular weight is 162 g/mol. The quantitative estimate of drug-likeness (QED) is 0.730. The maximum Gasteiger partial charge on any atom is 0.203 e. The highest BCUT2D eigenvalue weighted by atomic mass is 16.3. The number of hydrogen-bond acceptors (Lipinski definition) is 3. The van der Waals surface area contributed by atoms with E-state index in [9.17, 15) is 0 Å². The van der Waals surface area contributed by atoms with Crippen LogP contribution in [0.5, 0.6) is 0 Å². The summed E-state index contributed by atoms with van der Waals surface area (Å²) in [5.74, 6) is 1.24. The van der Waals surface area contributed by atoms with Crippen LogP contribution >= 0.6 is 0 Å². The molecule has 0 atom stereocenters. The van der Waals surface area contributed by atoms with Crippen molar-refractivity contribution in [1.82, 2.24) is 5.32 Å². The molecule has 1 heterocycles. The lowest BCUT2D eigenvalue weighted by Crippen LogP contribution is -2.14. The Kier molecular flexibility index (Phi) is 1.84. The standard InChI is InChI=1S/C9H10N2O/c10-5-8-3-4-9(12-8)6-11-7-1-2-7/h3-4,7,11H,1-2,6H2. The van der Waals surface area contributed by atoms with Gasteiger partial charge in [0.05, 0.1) is 6.54 Å². The molecular weight excluding hydrogens is 152 g/mol. The molecule has 1 aliphatic rings. The molecule has 1 fully saturated rings. The van der Waals surface area contributed by atoms with Crippen molar-refractivity contribution in [2.75, 3.05) is 0 Å². The Labute approximate surface area is 71.0 Å². The van der Waals surface area contributed by atoms with Gasteiger partial charge in [0.25, 0.3) is 0 Å². The summed E-state index contributed by atoms with van der Waals surface area (Å²) in [5, 5.41) is 11.8. The lowest BCUT2D eigenvalue weighted by Gasteiger charge is -1.96.